The minimum absolute atomic E-state index is 0.0893. The monoisotopic (exact) mass is 350 g/mol. The molecule has 3 heterocycles. The summed E-state index contributed by atoms with van der Waals surface area (Å²) >= 11 is 1.38. The van der Waals surface area contributed by atoms with E-state index in [4.69, 9.17) is 4.52 Å². The van der Waals surface area contributed by atoms with E-state index in [9.17, 15) is 4.79 Å². The van der Waals surface area contributed by atoms with Crippen LogP contribution in [0.2, 0.25) is 0 Å². The predicted octanol–water partition coefficient (Wildman–Crippen LogP) is 1.77. The Morgan fingerprint density at radius 1 is 1.38 bits per heavy atom. The number of aryl methyl sites for hydroxylation is 1. The second-order valence-electron chi connectivity index (χ2n) is 7.22. The van der Waals surface area contributed by atoms with Crippen molar-refractivity contribution in [2.75, 3.05) is 18.0 Å². The first-order chi connectivity index (χ1) is 11.2. The average Bonchev–Trinajstić information content (AvgIpc) is 3.15. The number of hydrogen-bond acceptors (Lipinski definition) is 8. The molecule has 1 aliphatic rings. The van der Waals surface area contributed by atoms with Crippen LogP contribution in [0.4, 0.5) is 5.13 Å². The molecule has 2 aromatic rings. The van der Waals surface area contributed by atoms with Crippen molar-refractivity contribution < 1.29 is 9.32 Å². The van der Waals surface area contributed by atoms with Crippen LogP contribution in [0.5, 0.6) is 0 Å². The summed E-state index contributed by atoms with van der Waals surface area (Å²) in [6.45, 7) is 10.8. The molecule has 0 aliphatic carbocycles. The minimum Gasteiger partial charge on any atom is -0.344 e. The van der Waals surface area contributed by atoms with E-state index in [0.717, 1.165) is 17.5 Å². The summed E-state index contributed by atoms with van der Waals surface area (Å²) in [5.74, 6) is 1.71. The number of carbonyl (C=O) groups excluding carboxylic acids is 1. The van der Waals surface area contributed by atoms with E-state index in [1.54, 1.807) is 6.92 Å². The number of nitrogens with one attached hydrogen (secondary N) is 1. The van der Waals surface area contributed by atoms with Gasteiger partial charge in [0.25, 0.3) is 0 Å². The third-order valence-electron chi connectivity index (χ3n) is 4.00. The van der Waals surface area contributed by atoms with Crippen LogP contribution in [0.3, 0.4) is 0 Å². The Hall–Kier alpha value is -2.03. The van der Waals surface area contributed by atoms with Gasteiger partial charge in [0.05, 0.1) is 6.54 Å². The van der Waals surface area contributed by atoms with Crippen molar-refractivity contribution in [3.63, 3.8) is 0 Å². The maximum atomic E-state index is 11.7. The van der Waals surface area contributed by atoms with Crippen LogP contribution < -0.4 is 10.2 Å². The third-order valence-corrected chi connectivity index (χ3v) is 4.77. The molecule has 3 rings (SSSR count). The van der Waals surface area contributed by atoms with Gasteiger partial charge in [-0.1, -0.05) is 25.9 Å². The van der Waals surface area contributed by atoms with E-state index in [2.05, 4.69) is 50.5 Å². The second-order valence-corrected chi connectivity index (χ2v) is 7.95. The summed E-state index contributed by atoms with van der Waals surface area (Å²) in [6, 6.07) is 0. The molecule has 2 aromatic heterocycles. The zero-order chi connectivity index (χ0) is 17.5. The Labute approximate surface area is 144 Å². The highest BCUT2D eigenvalue weighted by Crippen LogP contribution is 2.35. The number of hydrogen-bond donors (Lipinski definition) is 1. The lowest BCUT2D eigenvalue weighted by Crippen LogP contribution is -2.48. The van der Waals surface area contributed by atoms with E-state index in [0.29, 0.717) is 24.7 Å². The zero-order valence-corrected chi connectivity index (χ0v) is 15.4. The van der Waals surface area contributed by atoms with Crippen molar-refractivity contribution >= 4 is 22.6 Å². The number of nitrogens with zero attached hydrogens (tertiary/aromatic N) is 5. The summed E-state index contributed by atoms with van der Waals surface area (Å²) < 4.78 is 9.59. The molecule has 1 atom stereocenters. The Morgan fingerprint density at radius 2 is 2.12 bits per heavy atom. The van der Waals surface area contributed by atoms with Crippen molar-refractivity contribution in [2.45, 2.75) is 52.0 Å². The van der Waals surface area contributed by atoms with Crippen molar-refractivity contribution in [1.82, 2.24) is 24.8 Å². The van der Waals surface area contributed by atoms with Crippen LogP contribution in [0, 0.1) is 6.92 Å². The number of carbonyl (C=O) groups is 1. The molecule has 0 bridgehead atoms. The molecular formula is C15H22N6O2S. The van der Waals surface area contributed by atoms with Gasteiger partial charge in [-0.2, -0.15) is 9.36 Å². The van der Waals surface area contributed by atoms with Gasteiger partial charge in [-0.05, 0) is 6.42 Å². The van der Waals surface area contributed by atoms with Crippen LogP contribution in [-0.4, -0.2) is 38.5 Å². The van der Waals surface area contributed by atoms with Crippen LogP contribution in [0.1, 0.15) is 51.7 Å². The lowest BCUT2D eigenvalue weighted by molar-refractivity contribution is -0.120. The van der Waals surface area contributed by atoms with E-state index in [1.165, 1.54) is 18.5 Å². The first-order valence-electron chi connectivity index (χ1n) is 7.88. The SMILES string of the molecule is CC(=O)N[C@@]1(c2noc(C)n2)CCN(c2nc(C(C)(C)C)ns2)C1. The van der Waals surface area contributed by atoms with Gasteiger partial charge in [0.1, 0.15) is 11.4 Å². The highest BCUT2D eigenvalue weighted by Gasteiger charge is 2.45. The Bertz CT molecular complexity index is 749. The molecule has 0 unspecified atom stereocenters. The Morgan fingerprint density at radius 3 is 2.67 bits per heavy atom. The quantitative estimate of drug-likeness (QED) is 0.901. The highest BCUT2D eigenvalue weighted by molar-refractivity contribution is 7.09. The molecule has 0 spiro atoms. The smallest absolute Gasteiger partial charge is 0.223 e. The second kappa shape index (κ2) is 5.80. The van der Waals surface area contributed by atoms with E-state index >= 15 is 0 Å². The Kier molecular flexibility index (Phi) is 4.06. The molecule has 1 N–H and O–H groups in total. The topological polar surface area (TPSA) is 97.0 Å². The fraction of sp³-hybridized carbons (Fsp3) is 0.667. The van der Waals surface area contributed by atoms with Gasteiger partial charge in [-0.25, -0.2) is 4.98 Å². The van der Waals surface area contributed by atoms with Crippen LogP contribution in [0.25, 0.3) is 0 Å². The van der Waals surface area contributed by atoms with E-state index < -0.39 is 5.54 Å². The first-order valence-corrected chi connectivity index (χ1v) is 8.66. The summed E-state index contributed by atoms with van der Waals surface area (Å²) in [5, 5.41) is 7.90. The molecule has 9 heteroatoms. The van der Waals surface area contributed by atoms with Gasteiger partial charge in [-0.15, -0.1) is 0 Å². The molecule has 130 valence electrons. The molecule has 1 amide bonds. The van der Waals surface area contributed by atoms with Crippen molar-refractivity contribution in [1.29, 1.82) is 0 Å². The van der Waals surface area contributed by atoms with Crippen molar-refractivity contribution in [3.8, 4) is 0 Å². The standard InChI is InChI=1S/C15H22N6O2S/c1-9(22)18-15(12-16-10(2)23-19-12)6-7-21(8-15)13-17-11(20-24-13)14(3,4)5/h6-8H2,1-5H3,(H,18,22)/t15-/m0/s1. The molecule has 0 radical (unpaired) electrons. The number of aromatic nitrogens is 4. The van der Waals surface area contributed by atoms with Crippen molar-refractivity contribution in [3.05, 3.63) is 17.5 Å². The molecule has 1 fully saturated rings. The van der Waals surface area contributed by atoms with E-state index in [-0.39, 0.29) is 11.3 Å². The van der Waals surface area contributed by atoms with Gasteiger partial charge in [0.15, 0.2) is 5.82 Å². The largest absolute Gasteiger partial charge is 0.344 e. The van der Waals surface area contributed by atoms with Gasteiger partial charge in [-0.3, -0.25) is 4.79 Å². The lowest BCUT2D eigenvalue weighted by atomic mass is 9.96. The van der Waals surface area contributed by atoms with Gasteiger partial charge >= 0.3 is 0 Å². The molecular weight excluding hydrogens is 328 g/mol. The van der Waals surface area contributed by atoms with Gasteiger partial charge in [0, 0.05) is 37.3 Å². The first kappa shape index (κ1) is 16.8. The fourth-order valence-electron chi connectivity index (χ4n) is 2.79. The summed E-state index contributed by atoms with van der Waals surface area (Å²) in [5.41, 5.74) is -0.745. The molecule has 1 aliphatic heterocycles. The normalized spacial score (nSPS) is 21.3. The van der Waals surface area contributed by atoms with Crippen molar-refractivity contribution in [2.24, 2.45) is 0 Å². The molecule has 8 nitrogen and oxygen atoms in total. The average molecular weight is 350 g/mol. The summed E-state index contributed by atoms with van der Waals surface area (Å²) in [4.78, 5) is 22.8. The Balaban J connectivity index is 1.87. The van der Waals surface area contributed by atoms with Crippen LogP contribution in [0.15, 0.2) is 4.52 Å². The lowest BCUT2D eigenvalue weighted by Gasteiger charge is -2.26. The number of anilines is 1. The molecule has 0 saturated carbocycles. The van der Waals surface area contributed by atoms with Crippen LogP contribution in [-0.2, 0) is 15.7 Å². The molecule has 0 aromatic carbocycles. The minimum atomic E-state index is -0.656. The third kappa shape index (κ3) is 3.12. The van der Waals surface area contributed by atoms with Gasteiger partial charge in [0.2, 0.25) is 16.9 Å². The fourth-order valence-corrected chi connectivity index (χ4v) is 3.67. The maximum Gasteiger partial charge on any atom is 0.223 e. The number of rotatable bonds is 3. The number of amides is 1. The van der Waals surface area contributed by atoms with Crippen LogP contribution >= 0.6 is 11.5 Å². The molecule has 24 heavy (non-hydrogen) atoms. The predicted molar refractivity (Wildman–Crippen MR) is 90.0 cm³/mol. The summed E-state index contributed by atoms with van der Waals surface area (Å²) in [7, 11) is 0. The molecule has 1 saturated heterocycles. The zero-order valence-electron chi connectivity index (χ0n) is 14.6. The highest BCUT2D eigenvalue weighted by atomic mass is 32.1. The van der Waals surface area contributed by atoms with Gasteiger partial charge < -0.3 is 14.7 Å². The summed E-state index contributed by atoms with van der Waals surface area (Å²) in [6.07, 6.45) is 0.690. The maximum absolute atomic E-state index is 11.7. The van der Waals surface area contributed by atoms with E-state index in [1.807, 2.05) is 0 Å².